The molecule has 7 heteroatoms. The SMILES string of the molecule is NC(=S)c1ccc(Nc2c(Cl)cc(F)cc2Cl)c(F)c1. The van der Waals surface area contributed by atoms with Crippen LogP contribution in [0.5, 0.6) is 0 Å². The monoisotopic (exact) mass is 332 g/mol. The molecular weight excluding hydrogens is 325 g/mol. The topological polar surface area (TPSA) is 38.0 Å². The average molecular weight is 333 g/mol. The van der Waals surface area contributed by atoms with Gasteiger partial charge in [-0.2, -0.15) is 0 Å². The predicted molar refractivity (Wildman–Crippen MR) is 82.0 cm³/mol. The second-order valence-electron chi connectivity index (χ2n) is 3.93. The first kappa shape index (κ1) is 15.0. The summed E-state index contributed by atoms with van der Waals surface area (Å²) in [6.07, 6.45) is 0. The van der Waals surface area contributed by atoms with Crippen LogP contribution in [0.25, 0.3) is 0 Å². The molecule has 2 nitrogen and oxygen atoms in total. The van der Waals surface area contributed by atoms with E-state index in [4.69, 9.17) is 41.2 Å². The fraction of sp³-hybridized carbons (Fsp3) is 0. The summed E-state index contributed by atoms with van der Waals surface area (Å²) in [5.41, 5.74) is 6.16. The highest BCUT2D eigenvalue weighted by atomic mass is 35.5. The predicted octanol–water partition coefficient (Wildman–Crippen LogP) is 4.65. The van der Waals surface area contributed by atoms with E-state index in [1.54, 1.807) is 6.07 Å². The number of nitrogens with one attached hydrogen (secondary N) is 1. The van der Waals surface area contributed by atoms with Crippen molar-refractivity contribution in [2.75, 3.05) is 5.32 Å². The summed E-state index contributed by atoms with van der Waals surface area (Å²) in [5.74, 6) is -1.15. The summed E-state index contributed by atoms with van der Waals surface area (Å²) >= 11 is 16.5. The minimum absolute atomic E-state index is 0.0489. The van der Waals surface area contributed by atoms with E-state index in [1.165, 1.54) is 12.1 Å². The van der Waals surface area contributed by atoms with Crippen molar-refractivity contribution in [1.29, 1.82) is 0 Å². The lowest BCUT2D eigenvalue weighted by Gasteiger charge is -2.12. The van der Waals surface area contributed by atoms with Crippen molar-refractivity contribution in [3.63, 3.8) is 0 Å². The molecule has 0 radical (unpaired) electrons. The second-order valence-corrected chi connectivity index (χ2v) is 5.18. The van der Waals surface area contributed by atoms with Crippen molar-refractivity contribution >= 4 is 51.8 Å². The summed E-state index contributed by atoms with van der Waals surface area (Å²) in [7, 11) is 0. The number of halogens is 4. The lowest BCUT2D eigenvalue weighted by molar-refractivity contribution is 0.628. The van der Waals surface area contributed by atoms with E-state index in [2.05, 4.69) is 5.32 Å². The summed E-state index contributed by atoms with van der Waals surface area (Å²) in [4.78, 5) is 0.0910. The number of benzene rings is 2. The Hall–Kier alpha value is -1.43. The second kappa shape index (κ2) is 5.91. The highest BCUT2D eigenvalue weighted by Gasteiger charge is 2.12. The van der Waals surface area contributed by atoms with E-state index >= 15 is 0 Å². The largest absolute Gasteiger partial charge is 0.389 e. The van der Waals surface area contributed by atoms with E-state index in [0.717, 1.165) is 12.1 Å². The minimum atomic E-state index is -0.577. The van der Waals surface area contributed by atoms with Gasteiger partial charge in [-0.05, 0) is 30.3 Å². The summed E-state index contributed by atoms with van der Waals surface area (Å²) < 4.78 is 27.0. The van der Waals surface area contributed by atoms with E-state index in [-0.39, 0.29) is 26.4 Å². The molecule has 0 spiro atoms. The Balaban J connectivity index is 2.38. The van der Waals surface area contributed by atoms with Gasteiger partial charge in [-0.15, -0.1) is 0 Å². The Morgan fingerprint density at radius 2 is 1.70 bits per heavy atom. The molecule has 0 heterocycles. The van der Waals surface area contributed by atoms with Gasteiger partial charge in [-0.25, -0.2) is 8.78 Å². The van der Waals surface area contributed by atoms with Crippen LogP contribution in [0.1, 0.15) is 5.56 Å². The van der Waals surface area contributed by atoms with Crippen LogP contribution in [-0.4, -0.2) is 4.99 Å². The molecule has 0 aromatic heterocycles. The van der Waals surface area contributed by atoms with Crippen molar-refractivity contribution in [1.82, 2.24) is 0 Å². The highest BCUT2D eigenvalue weighted by Crippen LogP contribution is 2.34. The molecule has 0 amide bonds. The molecule has 0 aliphatic heterocycles. The Kier molecular flexibility index (Phi) is 4.42. The fourth-order valence-corrected chi connectivity index (χ4v) is 2.25. The Bertz CT molecular complexity index is 669. The molecule has 104 valence electrons. The molecule has 0 aliphatic rings. The first-order valence-electron chi connectivity index (χ1n) is 5.39. The van der Waals surface area contributed by atoms with Gasteiger partial charge in [0, 0.05) is 5.56 Å². The van der Waals surface area contributed by atoms with Gasteiger partial charge in [-0.3, -0.25) is 0 Å². The van der Waals surface area contributed by atoms with Crippen LogP contribution in [0.15, 0.2) is 30.3 Å². The van der Waals surface area contributed by atoms with Crippen molar-refractivity contribution in [3.05, 3.63) is 57.6 Å². The van der Waals surface area contributed by atoms with Gasteiger partial charge in [0.25, 0.3) is 0 Å². The number of rotatable bonds is 3. The standard InChI is InChI=1S/C13H8Cl2F2N2S/c14-8-4-7(16)5-9(15)12(8)19-11-2-1-6(13(18)20)3-10(11)17/h1-5,19H,(H2,18,20). The third-order valence-corrected chi connectivity index (χ3v) is 3.35. The highest BCUT2D eigenvalue weighted by molar-refractivity contribution is 7.80. The lowest BCUT2D eigenvalue weighted by Crippen LogP contribution is -2.10. The van der Waals surface area contributed by atoms with Gasteiger partial charge in [-0.1, -0.05) is 35.4 Å². The van der Waals surface area contributed by atoms with Crippen LogP contribution in [0.4, 0.5) is 20.2 Å². The van der Waals surface area contributed by atoms with Crippen molar-refractivity contribution in [2.24, 2.45) is 5.73 Å². The van der Waals surface area contributed by atoms with Crippen LogP contribution in [0.3, 0.4) is 0 Å². The smallest absolute Gasteiger partial charge is 0.147 e. The number of anilines is 2. The van der Waals surface area contributed by atoms with E-state index in [9.17, 15) is 8.78 Å². The molecule has 20 heavy (non-hydrogen) atoms. The van der Waals surface area contributed by atoms with Crippen LogP contribution in [0, 0.1) is 11.6 Å². The summed E-state index contributed by atoms with van der Waals surface area (Å²) in [6, 6.07) is 6.35. The number of hydrogen-bond acceptors (Lipinski definition) is 2. The number of thiocarbonyl (C=S) groups is 1. The van der Waals surface area contributed by atoms with Gasteiger partial charge >= 0.3 is 0 Å². The molecular formula is C13H8Cl2F2N2S. The minimum Gasteiger partial charge on any atom is -0.389 e. The molecule has 0 atom stereocenters. The molecule has 2 aromatic carbocycles. The van der Waals surface area contributed by atoms with Gasteiger partial charge in [0.05, 0.1) is 21.4 Å². The van der Waals surface area contributed by atoms with Crippen molar-refractivity contribution in [3.8, 4) is 0 Å². The zero-order valence-corrected chi connectivity index (χ0v) is 12.2. The Morgan fingerprint density at radius 1 is 1.10 bits per heavy atom. The van der Waals surface area contributed by atoms with E-state index < -0.39 is 11.6 Å². The van der Waals surface area contributed by atoms with Crippen molar-refractivity contribution in [2.45, 2.75) is 0 Å². The maximum atomic E-state index is 13.9. The first-order chi connectivity index (χ1) is 9.38. The first-order valence-corrected chi connectivity index (χ1v) is 6.56. The summed E-state index contributed by atoms with van der Waals surface area (Å²) in [6.45, 7) is 0. The van der Waals surface area contributed by atoms with Gasteiger partial charge in [0.1, 0.15) is 16.6 Å². The van der Waals surface area contributed by atoms with Crippen LogP contribution in [0.2, 0.25) is 10.0 Å². The zero-order chi connectivity index (χ0) is 14.9. The van der Waals surface area contributed by atoms with Gasteiger partial charge in [0.2, 0.25) is 0 Å². The molecule has 0 saturated carbocycles. The third kappa shape index (κ3) is 3.17. The van der Waals surface area contributed by atoms with Gasteiger partial charge < -0.3 is 11.1 Å². The Labute approximate surface area is 129 Å². The molecule has 2 aromatic rings. The average Bonchev–Trinajstić information content (AvgIpc) is 2.34. The maximum Gasteiger partial charge on any atom is 0.147 e. The third-order valence-electron chi connectivity index (χ3n) is 2.52. The molecule has 0 aliphatic carbocycles. The number of nitrogens with two attached hydrogens (primary N) is 1. The molecule has 2 rings (SSSR count). The maximum absolute atomic E-state index is 13.9. The van der Waals surface area contributed by atoms with E-state index in [0.29, 0.717) is 5.56 Å². The normalized spacial score (nSPS) is 10.4. The van der Waals surface area contributed by atoms with Crippen molar-refractivity contribution < 1.29 is 8.78 Å². The molecule has 3 N–H and O–H groups in total. The number of hydrogen-bond donors (Lipinski definition) is 2. The molecule has 0 bridgehead atoms. The summed E-state index contributed by atoms with van der Waals surface area (Å²) in [5, 5.41) is 2.81. The Morgan fingerprint density at radius 3 is 2.20 bits per heavy atom. The quantitative estimate of drug-likeness (QED) is 0.803. The molecule has 0 unspecified atom stereocenters. The lowest BCUT2D eigenvalue weighted by atomic mass is 10.2. The zero-order valence-electron chi connectivity index (χ0n) is 9.88. The molecule has 0 saturated heterocycles. The van der Waals surface area contributed by atoms with E-state index in [1.807, 2.05) is 0 Å². The fourth-order valence-electron chi connectivity index (χ4n) is 1.57. The molecule has 0 fully saturated rings. The van der Waals surface area contributed by atoms with Gasteiger partial charge in [0.15, 0.2) is 0 Å². The van der Waals surface area contributed by atoms with Crippen LogP contribution in [-0.2, 0) is 0 Å². The van der Waals surface area contributed by atoms with Crippen LogP contribution >= 0.6 is 35.4 Å². The van der Waals surface area contributed by atoms with Crippen LogP contribution < -0.4 is 11.1 Å².